The van der Waals surface area contributed by atoms with Gasteiger partial charge in [0.05, 0.1) is 0 Å². The van der Waals surface area contributed by atoms with Crippen molar-refractivity contribution in [2.75, 3.05) is 32.6 Å². The molecule has 33 heavy (non-hydrogen) atoms. The van der Waals surface area contributed by atoms with Crippen LogP contribution in [0.15, 0.2) is 12.3 Å². The normalized spacial score (nSPS) is 31.6. The molecule has 0 radical (unpaired) electrons. The summed E-state index contributed by atoms with van der Waals surface area (Å²) in [6, 6.07) is 2.43. The van der Waals surface area contributed by atoms with Crippen LogP contribution < -0.4 is 5.32 Å². The number of hydrogen-bond donors (Lipinski definition) is 1. The minimum absolute atomic E-state index is 0.0510. The van der Waals surface area contributed by atoms with E-state index in [1.165, 1.54) is 64.2 Å². The number of ether oxygens (including phenoxy) is 1. The number of anilines is 1. The van der Waals surface area contributed by atoms with Gasteiger partial charge in [-0.3, -0.25) is 4.79 Å². The van der Waals surface area contributed by atoms with Gasteiger partial charge in [-0.15, -0.1) is 0 Å². The summed E-state index contributed by atoms with van der Waals surface area (Å²) in [7, 11) is 3.65. The second kappa shape index (κ2) is 8.26. The van der Waals surface area contributed by atoms with E-state index in [0.717, 1.165) is 47.7 Å². The fourth-order valence-corrected chi connectivity index (χ4v) is 6.81. The molecule has 0 unspecified atom stereocenters. The van der Waals surface area contributed by atoms with Crippen LogP contribution in [0.4, 0.5) is 5.95 Å². The Morgan fingerprint density at radius 2 is 1.82 bits per heavy atom. The molecule has 1 N–H and O–H groups in total. The molecule has 1 saturated heterocycles. The van der Waals surface area contributed by atoms with E-state index in [0.29, 0.717) is 12.0 Å². The number of carbonyl (C=O) groups excluding carboxylic acids is 1. The van der Waals surface area contributed by atoms with Crippen LogP contribution >= 0.6 is 0 Å². The predicted molar refractivity (Wildman–Crippen MR) is 128 cm³/mol. The molecule has 2 aromatic heterocycles. The minimum atomic E-state index is 0.0510. The maximum atomic E-state index is 12.9. The molecule has 4 aliphatic carbocycles. The van der Waals surface area contributed by atoms with Gasteiger partial charge >= 0.3 is 0 Å². The lowest BCUT2D eigenvalue weighted by Crippen LogP contribution is -2.60. The lowest BCUT2D eigenvalue weighted by atomic mass is 9.49. The second-order valence-corrected chi connectivity index (χ2v) is 11.4. The van der Waals surface area contributed by atoms with Crippen molar-refractivity contribution in [3.63, 3.8) is 0 Å². The molecule has 7 nitrogen and oxygen atoms in total. The summed E-state index contributed by atoms with van der Waals surface area (Å²) >= 11 is 0. The van der Waals surface area contributed by atoms with E-state index >= 15 is 0 Å². The van der Waals surface area contributed by atoms with Crippen molar-refractivity contribution < 1.29 is 9.53 Å². The van der Waals surface area contributed by atoms with Crippen molar-refractivity contribution >= 4 is 22.9 Å². The van der Waals surface area contributed by atoms with Crippen LogP contribution in [0.25, 0.3) is 11.0 Å². The summed E-state index contributed by atoms with van der Waals surface area (Å²) in [5.41, 5.74) is 1.78. The molecule has 5 aliphatic rings. The minimum Gasteiger partial charge on any atom is -0.381 e. The SMILES string of the molecule is CN(C)C(=O)c1cc2cnc(NC3CCC(CC4CCOCC4)CC3)nc2n1C12CC(C1)C2. The molecule has 1 aliphatic heterocycles. The van der Waals surface area contributed by atoms with E-state index in [4.69, 9.17) is 9.72 Å². The number of fused-ring (bicyclic) bond motifs is 1. The first-order valence-electron chi connectivity index (χ1n) is 13.0. The summed E-state index contributed by atoms with van der Waals surface area (Å²) in [5.74, 6) is 3.32. The van der Waals surface area contributed by atoms with Crippen LogP contribution in [0.1, 0.15) is 74.7 Å². The number of carbonyl (C=O) groups is 1. The zero-order chi connectivity index (χ0) is 22.6. The molecule has 178 valence electrons. The fourth-order valence-electron chi connectivity index (χ4n) is 6.81. The highest BCUT2D eigenvalue weighted by molar-refractivity contribution is 5.98. The van der Waals surface area contributed by atoms with E-state index in [-0.39, 0.29) is 11.4 Å². The largest absolute Gasteiger partial charge is 0.381 e. The molecular weight excluding hydrogens is 414 g/mol. The van der Waals surface area contributed by atoms with Gasteiger partial charge in [-0.1, -0.05) is 0 Å². The number of hydrogen-bond acceptors (Lipinski definition) is 5. The first-order chi connectivity index (χ1) is 16.0. The topological polar surface area (TPSA) is 72.3 Å². The number of amides is 1. The lowest BCUT2D eigenvalue weighted by Gasteiger charge is -2.62. The average molecular weight is 452 g/mol. The highest BCUT2D eigenvalue weighted by atomic mass is 16.5. The van der Waals surface area contributed by atoms with Crippen molar-refractivity contribution in [1.29, 1.82) is 0 Å². The zero-order valence-corrected chi connectivity index (χ0v) is 20.1. The quantitative estimate of drug-likeness (QED) is 0.703. The summed E-state index contributed by atoms with van der Waals surface area (Å²) in [5, 5.41) is 4.60. The highest BCUT2D eigenvalue weighted by Gasteiger charge is 2.59. The molecule has 1 amide bonds. The van der Waals surface area contributed by atoms with Gasteiger partial charge in [0.15, 0.2) is 0 Å². The zero-order valence-electron chi connectivity index (χ0n) is 20.1. The second-order valence-electron chi connectivity index (χ2n) is 11.4. The number of nitrogens with zero attached hydrogens (tertiary/aromatic N) is 4. The monoisotopic (exact) mass is 451 g/mol. The first kappa shape index (κ1) is 21.4. The molecule has 7 rings (SSSR count). The van der Waals surface area contributed by atoms with Gasteiger partial charge in [-0.25, -0.2) is 4.98 Å². The lowest BCUT2D eigenvalue weighted by molar-refractivity contribution is -0.0870. The van der Waals surface area contributed by atoms with E-state index in [1.54, 1.807) is 4.90 Å². The first-order valence-corrected chi connectivity index (χ1v) is 13.0. The van der Waals surface area contributed by atoms with Crippen molar-refractivity contribution in [1.82, 2.24) is 19.4 Å². The molecule has 5 fully saturated rings. The number of nitrogens with one attached hydrogen (secondary N) is 1. The summed E-state index contributed by atoms with van der Waals surface area (Å²) in [4.78, 5) is 24.2. The van der Waals surface area contributed by atoms with Crippen LogP contribution in [0.3, 0.4) is 0 Å². The molecule has 0 atom stereocenters. The van der Waals surface area contributed by atoms with Gasteiger partial charge < -0.3 is 19.5 Å². The van der Waals surface area contributed by atoms with Gasteiger partial charge in [0, 0.05) is 50.5 Å². The van der Waals surface area contributed by atoms with Crippen LogP contribution in [0, 0.1) is 17.8 Å². The average Bonchev–Trinajstić information content (AvgIpc) is 3.12. The maximum Gasteiger partial charge on any atom is 0.270 e. The van der Waals surface area contributed by atoms with Crippen LogP contribution in [0.5, 0.6) is 0 Å². The Kier molecular flexibility index (Phi) is 5.35. The predicted octanol–water partition coefficient (Wildman–Crippen LogP) is 4.43. The van der Waals surface area contributed by atoms with Crippen LogP contribution in [0.2, 0.25) is 0 Å². The third-order valence-corrected chi connectivity index (χ3v) is 8.83. The molecule has 4 saturated carbocycles. The molecular formula is C26H37N5O2. The Bertz CT molecular complexity index is 1020. The Hall–Kier alpha value is -2.15. The maximum absolute atomic E-state index is 12.9. The highest BCUT2D eigenvalue weighted by Crippen LogP contribution is 2.63. The summed E-state index contributed by atoms with van der Waals surface area (Å²) in [6.07, 6.45) is 14.2. The van der Waals surface area contributed by atoms with E-state index in [9.17, 15) is 4.79 Å². The van der Waals surface area contributed by atoms with E-state index < -0.39 is 0 Å². The summed E-state index contributed by atoms with van der Waals surface area (Å²) in [6.45, 7) is 1.90. The molecule has 0 aromatic carbocycles. The van der Waals surface area contributed by atoms with Gasteiger partial charge in [0.25, 0.3) is 5.91 Å². The van der Waals surface area contributed by atoms with Gasteiger partial charge in [0.1, 0.15) is 11.3 Å². The van der Waals surface area contributed by atoms with Crippen molar-refractivity contribution in [2.45, 2.75) is 75.8 Å². The number of rotatable bonds is 6. The van der Waals surface area contributed by atoms with Gasteiger partial charge in [-0.2, -0.15) is 4.98 Å². The van der Waals surface area contributed by atoms with Crippen molar-refractivity contribution in [2.24, 2.45) is 17.8 Å². The Labute approximate surface area is 196 Å². The molecule has 0 spiro atoms. The summed E-state index contributed by atoms with van der Waals surface area (Å²) < 4.78 is 7.78. The Morgan fingerprint density at radius 1 is 1.12 bits per heavy atom. The van der Waals surface area contributed by atoms with Crippen LogP contribution in [-0.2, 0) is 10.3 Å². The number of aromatic nitrogens is 3. The molecule has 2 bridgehead atoms. The third-order valence-electron chi connectivity index (χ3n) is 8.83. The van der Waals surface area contributed by atoms with Crippen LogP contribution in [-0.4, -0.2) is 58.7 Å². The van der Waals surface area contributed by atoms with Crippen molar-refractivity contribution in [3.05, 3.63) is 18.0 Å². The van der Waals surface area contributed by atoms with E-state index in [2.05, 4.69) is 14.9 Å². The molecule has 7 heteroatoms. The molecule has 2 aromatic rings. The van der Waals surface area contributed by atoms with Crippen molar-refractivity contribution in [3.8, 4) is 0 Å². The van der Waals surface area contributed by atoms with Gasteiger partial charge in [0.2, 0.25) is 5.95 Å². The third kappa shape index (κ3) is 3.82. The van der Waals surface area contributed by atoms with E-state index in [1.807, 2.05) is 26.4 Å². The Morgan fingerprint density at radius 3 is 2.45 bits per heavy atom. The Balaban J connectivity index is 1.17. The fraction of sp³-hybridized carbons (Fsp3) is 0.731. The smallest absolute Gasteiger partial charge is 0.270 e. The standard InChI is InChI=1S/C26H37N5O2/c1-30(2)24(32)22-12-20-16-27-25(29-23(20)31(22)26-13-19(14-26)15-26)28-21-5-3-17(4-6-21)11-18-7-9-33-10-8-18/h12,16-19,21H,3-11,13-15H2,1-2H3,(H,27,28,29). The molecule has 3 heterocycles. The van der Waals surface area contributed by atoms with Gasteiger partial charge in [-0.05, 0) is 88.0 Å².